The molecule has 7 heteroatoms. The van der Waals surface area contributed by atoms with Crippen LogP contribution in [-0.4, -0.2) is 5.91 Å². The van der Waals surface area contributed by atoms with Crippen LogP contribution in [0.1, 0.15) is 10.4 Å². The van der Waals surface area contributed by atoms with E-state index in [-0.39, 0.29) is 4.47 Å². The summed E-state index contributed by atoms with van der Waals surface area (Å²) < 4.78 is 53.5. The van der Waals surface area contributed by atoms with Gasteiger partial charge >= 0.3 is 0 Å². The van der Waals surface area contributed by atoms with Crippen LogP contribution < -0.4 is 5.32 Å². The summed E-state index contributed by atoms with van der Waals surface area (Å²) in [7, 11) is 0. The number of anilines is 1. The van der Waals surface area contributed by atoms with Crippen LogP contribution in [0.4, 0.5) is 23.2 Å². The van der Waals surface area contributed by atoms with Crippen molar-refractivity contribution in [3.8, 4) is 0 Å². The molecule has 1 amide bonds. The van der Waals surface area contributed by atoms with Crippen LogP contribution in [-0.2, 0) is 0 Å². The Morgan fingerprint density at radius 1 is 0.950 bits per heavy atom. The highest BCUT2D eigenvalue weighted by Gasteiger charge is 2.19. The van der Waals surface area contributed by atoms with Gasteiger partial charge in [0.05, 0.1) is 5.69 Å². The van der Waals surface area contributed by atoms with Gasteiger partial charge in [-0.15, -0.1) is 0 Å². The van der Waals surface area contributed by atoms with Crippen molar-refractivity contribution in [2.24, 2.45) is 0 Å². The molecule has 0 aliphatic heterocycles. The number of benzene rings is 2. The minimum Gasteiger partial charge on any atom is -0.319 e. The zero-order valence-corrected chi connectivity index (χ0v) is 11.3. The van der Waals surface area contributed by atoms with Gasteiger partial charge in [0, 0.05) is 10.5 Å². The van der Waals surface area contributed by atoms with Gasteiger partial charge < -0.3 is 5.32 Å². The fourth-order valence-electron chi connectivity index (χ4n) is 1.54. The van der Waals surface area contributed by atoms with E-state index in [1.165, 1.54) is 0 Å². The van der Waals surface area contributed by atoms with Gasteiger partial charge in [0.1, 0.15) is 28.8 Å². The molecule has 20 heavy (non-hydrogen) atoms. The summed E-state index contributed by atoms with van der Waals surface area (Å²) in [6.45, 7) is 0. The second-order valence-corrected chi connectivity index (χ2v) is 4.74. The molecule has 1 N–H and O–H groups in total. The lowest BCUT2D eigenvalue weighted by Crippen LogP contribution is -2.17. The first-order chi connectivity index (χ1) is 9.38. The SMILES string of the molecule is O=C(Nc1cc(F)ccc1F)c1c(F)cc(Br)cc1F. The number of nitrogens with one attached hydrogen (secondary N) is 1. The largest absolute Gasteiger partial charge is 0.319 e. The molecule has 0 aliphatic rings. The van der Waals surface area contributed by atoms with Gasteiger partial charge in [-0.3, -0.25) is 4.79 Å². The lowest BCUT2D eigenvalue weighted by molar-refractivity contribution is 0.101. The normalized spacial score (nSPS) is 10.4. The Balaban J connectivity index is 2.36. The van der Waals surface area contributed by atoms with Crippen LogP contribution in [0.15, 0.2) is 34.8 Å². The monoisotopic (exact) mass is 347 g/mol. The Morgan fingerprint density at radius 3 is 2.15 bits per heavy atom. The molecule has 0 radical (unpaired) electrons. The average Bonchev–Trinajstić information content (AvgIpc) is 2.32. The van der Waals surface area contributed by atoms with E-state index in [0.717, 1.165) is 24.3 Å². The van der Waals surface area contributed by atoms with Crippen LogP contribution in [0.2, 0.25) is 0 Å². The smallest absolute Gasteiger partial charge is 0.261 e. The fraction of sp³-hybridized carbons (Fsp3) is 0. The third-order valence-corrected chi connectivity index (χ3v) is 2.87. The molecule has 0 fully saturated rings. The van der Waals surface area contributed by atoms with E-state index < -0.39 is 40.4 Å². The fourth-order valence-corrected chi connectivity index (χ4v) is 1.94. The molecule has 0 bridgehead atoms. The van der Waals surface area contributed by atoms with Gasteiger partial charge in [-0.25, -0.2) is 17.6 Å². The van der Waals surface area contributed by atoms with Crippen LogP contribution in [0.5, 0.6) is 0 Å². The predicted octanol–water partition coefficient (Wildman–Crippen LogP) is 4.26. The van der Waals surface area contributed by atoms with E-state index >= 15 is 0 Å². The molecule has 2 aromatic rings. The summed E-state index contributed by atoms with van der Waals surface area (Å²) in [5.74, 6) is -5.16. The van der Waals surface area contributed by atoms with Crippen molar-refractivity contribution in [1.82, 2.24) is 0 Å². The molecule has 0 atom stereocenters. The molecule has 2 rings (SSSR count). The van der Waals surface area contributed by atoms with Crippen LogP contribution >= 0.6 is 15.9 Å². The van der Waals surface area contributed by atoms with Crippen molar-refractivity contribution in [2.75, 3.05) is 5.32 Å². The first kappa shape index (κ1) is 14.5. The maximum absolute atomic E-state index is 13.5. The Kier molecular flexibility index (Phi) is 4.08. The molecule has 0 saturated heterocycles. The summed E-state index contributed by atoms with van der Waals surface area (Å²) in [5.41, 5.74) is -1.38. The third kappa shape index (κ3) is 2.98. The molecule has 0 unspecified atom stereocenters. The van der Waals surface area contributed by atoms with Crippen molar-refractivity contribution in [3.63, 3.8) is 0 Å². The van der Waals surface area contributed by atoms with Gasteiger partial charge in [-0.2, -0.15) is 0 Å². The summed E-state index contributed by atoms with van der Waals surface area (Å²) in [6, 6.07) is 4.13. The Hall–Kier alpha value is -1.89. The summed E-state index contributed by atoms with van der Waals surface area (Å²) in [4.78, 5) is 11.7. The van der Waals surface area contributed by atoms with Crippen LogP contribution in [0, 0.1) is 23.3 Å². The second-order valence-electron chi connectivity index (χ2n) is 3.82. The minimum atomic E-state index is -1.21. The van der Waals surface area contributed by atoms with E-state index in [2.05, 4.69) is 15.9 Å². The maximum atomic E-state index is 13.5. The quantitative estimate of drug-likeness (QED) is 0.808. The summed E-state index contributed by atoms with van der Waals surface area (Å²) in [5, 5.41) is 1.92. The average molecular weight is 348 g/mol. The molecular weight excluding hydrogens is 342 g/mol. The molecule has 0 spiro atoms. The highest BCUT2D eigenvalue weighted by atomic mass is 79.9. The number of rotatable bonds is 2. The van der Waals surface area contributed by atoms with Gasteiger partial charge in [-0.1, -0.05) is 15.9 Å². The highest BCUT2D eigenvalue weighted by Crippen LogP contribution is 2.22. The number of hydrogen-bond acceptors (Lipinski definition) is 1. The zero-order chi connectivity index (χ0) is 14.9. The molecule has 0 aliphatic carbocycles. The molecule has 2 nitrogen and oxygen atoms in total. The van der Waals surface area contributed by atoms with E-state index in [1.807, 2.05) is 5.32 Å². The topological polar surface area (TPSA) is 29.1 Å². The number of amides is 1. The van der Waals surface area contributed by atoms with E-state index in [4.69, 9.17) is 0 Å². The van der Waals surface area contributed by atoms with Crippen molar-refractivity contribution in [1.29, 1.82) is 0 Å². The molecule has 0 saturated carbocycles. The Bertz CT molecular complexity index is 667. The molecule has 2 aromatic carbocycles. The van der Waals surface area contributed by atoms with E-state index in [1.54, 1.807) is 0 Å². The molecule has 0 heterocycles. The van der Waals surface area contributed by atoms with Gasteiger partial charge in [0.2, 0.25) is 0 Å². The van der Waals surface area contributed by atoms with Gasteiger partial charge in [0.25, 0.3) is 5.91 Å². The van der Waals surface area contributed by atoms with Crippen LogP contribution in [0.25, 0.3) is 0 Å². The van der Waals surface area contributed by atoms with Crippen molar-refractivity contribution in [3.05, 3.63) is 63.6 Å². The first-order valence-electron chi connectivity index (χ1n) is 5.29. The predicted molar refractivity (Wildman–Crippen MR) is 68.4 cm³/mol. The first-order valence-corrected chi connectivity index (χ1v) is 6.08. The number of halogens is 5. The third-order valence-electron chi connectivity index (χ3n) is 2.41. The maximum Gasteiger partial charge on any atom is 0.261 e. The summed E-state index contributed by atoms with van der Waals surface area (Å²) in [6.07, 6.45) is 0. The van der Waals surface area contributed by atoms with Crippen molar-refractivity contribution >= 4 is 27.5 Å². The van der Waals surface area contributed by atoms with E-state index in [0.29, 0.717) is 6.07 Å². The molecule has 0 aromatic heterocycles. The standard InChI is InChI=1S/C13H6BrF4NO/c14-6-3-9(17)12(10(18)4-6)13(20)19-11-5-7(15)1-2-8(11)16/h1-5H,(H,19,20). The van der Waals surface area contributed by atoms with Crippen molar-refractivity contribution < 1.29 is 22.4 Å². The summed E-state index contributed by atoms with van der Waals surface area (Å²) >= 11 is 2.86. The van der Waals surface area contributed by atoms with Gasteiger partial charge in [-0.05, 0) is 24.3 Å². The van der Waals surface area contributed by atoms with Crippen molar-refractivity contribution in [2.45, 2.75) is 0 Å². The number of carbonyl (C=O) groups is 1. The number of hydrogen-bond donors (Lipinski definition) is 1. The molecular formula is C13H6BrF4NO. The lowest BCUT2D eigenvalue weighted by Gasteiger charge is -2.08. The zero-order valence-electron chi connectivity index (χ0n) is 9.68. The highest BCUT2D eigenvalue weighted by molar-refractivity contribution is 9.10. The van der Waals surface area contributed by atoms with E-state index in [9.17, 15) is 22.4 Å². The Morgan fingerprint density at radius 2 is 1.55 bits per heavy atom. The lowest BCUT2D eigenvalue weighted by atomic mass is 10.1. The minimum absolute atomic E-state index is 0.112. The second kappa shape index (κ2) is 5.62. The van der Waals surface area contributed by atoms with Gasteiger partial charge in [0.15, 0.2) is 0 Å². The van der Waals surface area contributed by atoms with Crippen LogP contribution in [0.3, 0.4) is 0 Å². The Labute approximate surface area is 119 Å². The molecule has 104 valence electrons. The number of carbonyl (C=O) groups excluding carboxylic acids is 1.